The zero-order chi connectivity index (χ0) is 15.0. The van der Waals surface area contributed by atoms with E-state index in [2.05, 4.69) is 65.5 Å². The number of hydrogen-bond acceptors (Lipinski definition) is 2. The minimum Gasteiger partial charge on any atom is -0.438 e. The molecule has 0 aromatic heterocycles. The molecule has 0 spiro atoms. The predicted octanol–water partition coefficient (Wildman–Crippen LogP) is 2.44. The van der Waals surface area contributed by atoms with Gasteiger partial charge in [0, 0.05) is 7.11 Å². The van der Waals surface area contributed by atoms with E-state index in [0.717, 1.165) is 0 Å². The predicted molar refractivity (Wildman–Crippen MR) is 97.6 cm³/mol. The SMILES string of the molecule is C[Si]1(C)[Si](C)(C)[Si](C)(O)[Si](C)(C)[Si](C)(O)[Si]1(C)C. The molecule has 1 saturated heterocycles. The van der Waals surface area contributed by atoms with Crippen molar-refractivity contribution in [3.05, 3.63) is 0 Å². The first-order valence-electron chi connectivity index (χ1n) is 6.95. The lowest BCUT2D eigenvalue weighted by molar-refractivity contribution is 0.573. The van der Waals surface area contributed by atoms with Gasteiger partial charge < -0.3 is 9.59 Å². The summed E-state index contributed by atoms with van der Waals surface area (Å²) in [4.78, 5) is 23.1. The second-order valence-corrected chi connectivity index (χ2v) is 76.6. The van der Waals surface area contributed by atoms with Crippen molar-refractivity contribution in [2.24, 2.45) is 0 Å². The highest BCUT2D eigenvalue weighted by Gasteiger charge is 2.79. The van der Waals surface area contributed by atoms with Crippen molar-refractivity contribution in [3.63, 3.8) is 0 Å². The van der Waals surface area contributed by atoms with Crippen molar-refractivity contribution in [2.45, 2.75) is 65.5 Å². The molecule has 2 N–H and O–H groups in total. The molecular weight excluding hydrogens is 321 g/mol. The Morgan fingerprint density at radius 1 is 0.389 bits per heavy atom. The van der Waals surface area contributed by atoms with Crippen molar-refractivity contribution in [1.29, 1.82) is 0 Å². The fourth-order valence-corrected chi connectivity index (χ4v) is 223. The molecule has 1 aliphatic rings. The van der Waals surface area contributed by atoms with E-state index in [4.69, 9.17) is 0 Å². The molecule has 0 radical (unpaired) electrons. The Balaban J connectivity index is 3.72. The van der Waals surface area contributed by atoms with E-state index in [0.29, 0.717) is 0 Å². The standard InChI is InChI=1S/C10H32O2Si6/c1-13(2)14(3,4)17(9,11)16(7,8)18(10,12)15(13,5)6/h11-12H,1-10H3. The molecule has 2 nitrogen and oxygen atoms in total. The fraction of sp³-hybridized carbons (Fsp3) is 1.00. The fourth-order valence-electron chi connectivity index (χ4n) is 4.03. The van der Waals surface area contributed by atoms with E-state index in [1.807, 2.05) is 0 Å². The van der Waals surface area contributed by atoms with Gasteiger partial charge in [-0.2, -0.15) is 0 Å². The maximum Gasteiger partial charge on any atom is 0.158 e. The van der Waals surface area contributed by atoms with Gasteiger partial charge >= 0.3 is 0 Å². The van der Waals surface area contributed by atoms with Crippen LogP contribution >= 0.6 is 0 Å². The van der Waals surface area contributed by atoms with Gasteiger partial charge in [0.15, 0.2) is 14.7 Å². The van der Waals surface area contributed by atoms with Crippen molar-refractivity contribution >= 4 is 43.1 Å². The number of hydrogen-bond donors (Lipinski definition) is 2. The van der Waals surface area contributed by atoms with Gasteiger partial charge in [0.25, 0.3) is 0 Å². The maximum absolute atomic E-state index is 11.5. The van der Waals surface area contributed by atoms with Crippen LogP contribution in [-0.4, -0.2) is 52.7 Å². The van der Waals surface area contributed by atoms with Crippen LogP contribution in [0.2, 0.25) is 65.5 Å². The Labute approximate surface area is 118 Å². The van der Waals surface area contributed by atoms with Gasteiger partial charge in [0.05, 0.1) is 21.3 Å². The quantitative estimate of drug-likeness (QED) is 0.657. The van der Waals surface area contributed by atoms with Gasteiger partial charge in [-0.25, -0.2) is 0 Å². The molecule has 108 valence electrons. The summed E-state index contributed by atoms with van der Waals surface area (Å²) in [5.74, 6) is 0. The van der Waals surface area contributed by atoms with E-state index >= 15 is 0 Å². The Morgan fingerprint density at radius 3 is 0.833 bits per heavy atom. The smallest absolute Gasteiger partial charge is 0.158 e. The van der Waals surface area contributed by atoms with Gasteiger partial charge in [-0.05, 0) is 0 Å². The minimum atomic E-state index is -2.22. The first-order valence-corrected chi connectivity index (χ1v) is 29.8. The molecule has 0 aromatic rings. The van der Waals surface area contributed by atoms with Crippen molar-refractivity contribution in [2.75, 3.05) is 0 Å². The zero-order valence-electron chi connectivity index (χ0n) is 13.9. The topological polar surface area (TPSA) is 40.5 Å². The highest BCUT2D eigenvalue weighted by molar-refractivity contribution is 8.11. The molecule has 1 aliphatic heterocycles. The lowest BCUT2D eigenvalue weighted by atomic mass is 11.9. The van der Waals surface area contributed by atoms with Crippen LogP contribution in [0.3, 0.4) is 0 Å². The van der Waals surface area contributed by atoms with Crippen LogP contribution < -0.4 is 0 Å². The van der Waals surface area contributed by atoms with E-state index in [1.54, 1.807) is 0 Å². The largest absolute Gasteiger partial charge is 0.438 e. The molecule has 0 saturated carbocycles. The molecule has 18 heavy (non-hydrogen) atoms. The Hall–Kier alpha value is 1.22. The number of rotatable bonds is 0. The van der Waals surface area contributed by atoms with Crippen molar-refractivity contribution in [3.8, 4) is 0 Å². The summed E-state index contributed by atoms with van der Waals surface area (Å²) in [5.41, 5.74) is 0. The van der Waals surface area contributed by atoms with E-state index in [-0.39, 0.29) is 0 Å². The van der Waals surface area contributed by atoms with E-state index in [9.17, 15) is 9.59 Å². The summed E-state index contributed by atoms with van der Waals surface area (Å²) in [6.07, 6.45) is 0. The Bertz CT molecular complexity index is 256. The summed E-state index contributed by atoms with van der Waals surface area (Å²) < 4.78 is 0. The van der Waals surface area contributed by atoms with E-state index < -0.39 is 43.1 Å². The molecule has 1 rings (SSSR count). The molecule has 1 fully saturated rings. The van der Waals surface area contributed by atoms with Crippen molar-refractivity contribution < 1.29 is 9.59 Å². The van der Waals surface area contributed by atoms with E-state index in [1.165, 1.54) is 0 Å². The maximum atomic E-state index is 11.5. The van der Waals surface area contributed by atoms with Crippen LogP contribution in [-0.2, 0) is 0 Å². The molecule has 2 unspecified atom stereocenters. The molecule has 0 aromatic carbocycles. The van der Waals surface area contributed by atoms with Crippen LogP contribution in [0, 0.1) is 0 Å². The Morgan fingerprint density at radius 2 is 0.611 bits per heavy atom. The third-order valence-corrected chi connectivity index (χ3v) is 148. The second-order valence-electron chi connectivity index (χ2n) is 8.64. The molecule has 0 bridgehead atoms. The van der Waals surface area contributed by atoms with Gasteiger partial charge in [-0.1, -0.05) is 65.5 Å². The van der Waals surface area contributed by atoms with Crippen LogP contribution in [0.5, 0.6) is 0 Å². The summed E-state index contributed by atoms with van der Waals surface area (Å²) in [5, 5.41) is 0. The average Bonchev–Trinajstić information content (AvgIpc) is 2.14. The van der Waals surface area contributed by atoms with Crippen LogP contribution in [0.25, 0.3) is 0 Å². The highest BCUT2D eigenvalue weighted by atomic mass is 30.2. The van der Waals surface area contributed by atoms with Gasteiger partial charge in [0.1, 0.15) is 0 Å². The van der Waals surface area contributed by atoms with Crippen molar-refractivity contribution in [1.82, 2.24) is 0 Å². The summed E-state index contributed by atoms with van der Waals surface area (Å²) >= 11 is 0. The molecule has 1 heterocycles. The summed E-state index contributed by atoms with van der Waals surface area (Å²) in [6, 6.07) is 0. The Kier molecular flexibility index (Phi) is 3.74. The molecule has 0 amide bonds. The normalized spacial score (nSPS) is 44.7. The summed E-state index contributed by atoms with van der Waals surface area (Å²) in [7, 11) is -10.9. The third kappa shape index (κ3) is 1.49. The zero-order valence-corrected chi connectivity index (χ0v) is 19.9. The third-order valence-electron chi connectivity index (χ3n) is 7.99. The molecule has 8 heteroatoms. The van der Waals surface area contributed by atoms with Crippen LogP contribution in [0.1, 0.15) is 0 Å². The average molecular weight is 353 g/mol. The monoisotopic (exact) mass is 352 g/mol. The minimum absolute atomic E-state index is 1.47. The second kappa shape index (κ2) is 3.90. The highest BCUT2D eigenvalue weighted by Crippen LogP contribution is 2.49. The van der Waals surface area contributed by atoms with Gasteiger partial charge in [0.2, 0.25) is 0 Å². The first-order chi connectivity index (χ1) is 7.50. The van der Waals surface area contributed by atoms with Crippen LogP contribution in [0.4, 0.5) is 0 Å². The van der Waals surface area contributed by atoms with Gasteiger partial charge in [-0.3, -0.25) is 0 Å². The summed E-state index contributed by atoms with van der Waals surface area (Å²) in [6.45, 7) is 24.0. The first kappa shape index (κ1) is 17.3. The van der Waals surface area contributed by atoms with Crippen LogP contribution in [0.15, 0.2) is 0 Å². The molecular formula is C10H32O2Si6. The molecule has 0 aliphatic carbocycles. The lowest BCUT2D eigenvalue weighted by Gasteiger charge is -2.69. The van der Waals surface area contributed by atoms with Gasteiger partial charge in [-0.15, -0.1) is 0 Å². The molecule has 2 atom stereocenters. The lowest BCUT2D eigenvalue weighted by Crippen LogP contribution is -3.02.